The molecule has 1 saturated heterocycles. The highest BCUT2D eigenvalue weighted by molar-refractivity contribution is 5.83. The van der Waals surface area contributed by atoms with Gasteiger partial charge >= 0.3 is 5.97 Å². The summed E-state index contributed by atoms with van der Waals surface area (Å²) in [7, 11) is 0. The Morgan fingerprint density at radius 1 is 1.05 bits per heavy atom. The Kier molecular flexibility index (Phi) is 13.8. The molecule has 1 rings (SSSR count). The number of amides is 2. The molecule has 2 amide bonds. The molecule has 1 aliphatic rings. The molecule has 1 aliphatic heterocycles. The summed E-state index contributed by atoms with van der Waals surface area (Å²) in [5, 5.41) is 15.2. The predicted octanol–water partition coefficient (Wildman–Crippen LogP) is 5.35. The van der Waals surface area contributed by atoms with Crippen molar-refractivity contribution in [3.05, 3.63) is 12.2 Å². The van der Waals surface area contributed by atoms with Crippen molar-refractivity contribution in [1.29, 1.82) is 0 Å². The number of hydrogen-bond acceptors (Lipinski definition) is 5. The SMILES string of the molecule is CCCCC=CCCCCC(C)(C)C(=O)NCCCC(CC(=O)O)NC(=O)C1OC(C)(C)OCC1(C)C. The molecule has 0 aromatic heterocycles. The Balaban J connectivity index is 2.47. The first-order valence-corrected chi connectivity index (χ1v) is 14.0. The van der Waals surface area contributed by atoms with Crippen molar-refractivity contribution in [3.8, 4) is 0 Å². The highest BCUT2D eigenvalue weighted by atomic mass is 16.7. The van der Waals surface area contributed by atoms with Crippen molar-refractivity contribution in [2.24, 2.45) is 10.8 Å². The molecule has 8 heteroatoms. The Morgan fingerprint density at radius 3 is 2.32 bits per heavy atom. The van der Waals surface area contributed by atoms with E-state index in [1.165, 1.54) is 12.8 Å². The smallest absolute Gasteiger partial charge is 0.305 e. The average molecular weight is 525 g/mol. The number of carboxylic acid groups (broad SMARTS) is 1. The quantitative estimate of drug-likeness (QED) is 0.174. The van der Waals surface area contributed by atoms with Crippen molar-refractivity contribution >= 4 is 17.8 Å². The van der Waals surface area contributed by atoms with E-state index in [0.717, 1.165) is 32.1 Å². The van der Waals surface area contributed by atoms with Crippen LogP contribution in [0, 0.1) is 10.8 Å². The van der Waals surface area contributed by atoms with E-state index < -0.39 is 34.7 Å². The third-order valence-corrected chi connectivity index (χ3v) is 6.85. The van der Waals surface area contributed by atoms with E-state index in [1.807, 2.05) is 27.7 Å². The maximum absolute atomic E-state index is 13.0. The zero-order valence-electron chi connectivity index (χ0n) is 24.3. The summed E-state index contributed by atoms with van der Waals surface area (Å²) in [6.07, 6.45) is 12.1. The van der Waals surface area contributed by atoms with Crippen LogP contribution in [0.3, 0.4) is 0 Å². The van der Waals surface area contributed by atoms with Gasteiger partial charge in [0.05, 0.1) is 13.0 Å². The second-order valence-electron chi connectivity index (χ2n) is 12.1. The molecule has 0 saturated carbocycles. The van der Waals surface area contributed by atoms with Crippen LogP contribution in [0.15, 0.2) is 12.2 Å². The van der Waals surface area contributed by atoms with Crippen molar-refractivity contribution in [2.45, 2.75) is 131 Å². The van der Waals surface area contributed by atoms with Gasteiger partial charge < -0.3 is 25.2 Å². The summed E-state index contributed by atoms with van der Waals surface area (Å²) in [5.74, 6) is -2.20. The Hall–Kier alpha value is -1.93. The number of rotatable bonds is 17. The van der Waals surface area contributed by atoms with Crippen molar-refractivity contribution in [2.75, 3.05) is 13.2 Å². The van der Waals surface area contributed by atoms with E-state index in [0.29, 0.717) is 26.0 Å². The summed E-state index contributed by atoms with van der Waals surface area (Å²) in [5.41, 5.74) is -1.00. The molecular formula is C29H52N2O6. The van der Waals surface area contributed by atoms with E-state index in [4.69, 9.17) is 9.47 Å². The van der Waals surface area contributed by atoms with Crippen LogP contribution in [-0.2, 0) is 23.9 Å². The van der Waals surface area contributed by atoms with Gasteiger partial charge in [0.1, 0.15) is 6.10 Å². The lowest BCUT2D eigenvalue weighted by atomic mass is 9.85. The third-order valence-electron chi connectivity index (χ3n) is 6.85. The molecule has 0 spiro atoms. The molecule has 0 aromatic rings. The number of carbonyl (C=O) groups is 3. The molecule has 2 unspecified atom stereocenters. The van der Waals surface area contributed by atoms with Gasteiger partial charge in [0.15, 0.2) is 5.79 Å². The van der Waals surface area contributed by atoms with Gasteiger partial charge in [-0.05, 0) is 52.4 Å². The van der Waals surface area contributed by atoms with Crippen LogP contribution in [0.4, 0.5) is 0 Å². The van der Waals surface area contributed by atoms with Crippen LogP contribution >= 0.6 is 0 Å². The monoisotopic (exact) mass is 524 g/mol. The zero-order chi connectivity index (χ0) is 28.1. The Labute approximate surface area is 224 Å². The first kappa shape index (κ1) is 33.1. The number of nitrogens with one attached hydrogen (secondary N) is 2. The first-order valence-electron chi connectivity index (χ1n) is 14.0. The van der Waals surface area contributed by atoms with E-state index in [9.17, 15) is 19.5 Å². The lowest BCUT2D eigenvalue weighted by Crippen LogP contribution is -2.57. The van der Waals surface area contributed by atoms with Crippen LogP contribution in [0.2, 0.25) is 0 Å². The van der Waals surface area contributed by atoms with E-state index in [-0.39, 0.29) is 18.2 Å². The minimum atomic E-state index is -0.983. The topological polar surface area (TPSA) is 114 Å². The average Bonchev–Trinajstić information content (AvgIpc) is 2.79. The van der Waals surface area contributed by atoms with Gasteiger partial charge in [-0.2, -0.15) is 0 Å². The fourth-order valence-electron chi connectivity index (χ4n) is 4.32. The summed E-state index contributed by atoms with van der Waals surface area (Å²) in [6, 6.07) is -0.550. The highest BCUT2D eigenvalue weighted by Gasteiger charge is 2.46. The van der Waals surface area contributed by atoms with Gasteiger partial charge in [0, 0.05) is 23.4 Å². The van der Waals surface area contributed by atoms with Crippen molar-refractivity contribution in [3.63, 3.8) is 0 Å². The molecule has 2 atom stereocenters. The fraction of sp³-hybridized carbons (Fsp3) is 0.828. The normalized spacial score (nSPS) is 19.9. The zero-order valence-corrected chi connectivity index (χ0v) is 24.3. The third kappa shape index (κ3) is 12.9. The minimum Gasteiger partial charge on any atom is -0.481 e. The minimum absolute atomic E-state index is 0.00407. The van der Waals surface area contributed by atoms with E-state index in [1.54, 1.807) is 13.8 Å². The summed E-state index contributed by atoms with van der Waals surface area (Å²) in [4.78, 5) is 37.2. The predicted molar refractivity (Wildman–Crippen MR) is 146 cm³/mol. The van der Waals surface area contributed by atoms with E-state index in [2.05, 4.69) is 29.7 Å². The maximum Gasteiger partial charge on any atom is 0.305 e. The standard InChI is InChI=1S/C29H52N2O6/c1-8-9-10-11-12-13-14-15-18-27(2,3)26(35)30-19-16-17-22(20-23(32)33)31-25(34)24-28(4,5)21-36-29(6,7)37-24/h11-12,22,24H,8-10,13-21H2,1-7H3,(H,30,35)(H,31,34)(H,32,33). The highest BCUT2D eigenvalue weighted by Crippen LogP contribution is 2.35. The number of unbranched alkanes of at least 4 members (excludes halogenated alkanes) is 4. The largest absolute Gasteiger partial charge is 0.481 e. The van der Waals surface area contributed by atoms with Gasteiger partial charge in [-0.15, -0.1) is 0 Å². The maximum atomic E-state index is 13.0. The molecular weight excluding hydrogens is 472 g/mol. The number of ether oxygens (including phenoxy) is 2. The van der Waals surface area contributed by atoms with Crippen molar-refractivity contribution < 1.29 is 29.0 Å². The summed E-state index contributed by atoms with van der Waals surface area (Å²) < 4.78 is 11.6. The molecule has 8 nitrogen and oxygen atoms in total. The van der Waals surface area contributed by atoms with Crippen LogP contribution in [-0.4, -0.2) is 54.0 Å². The van der Waals surface area contributed by atoms with Crippen molar-refractivity contribution in [1.82, 2.24) is 10.6 Å². The second kappa shape index (κ2) is 15.5. The number of carboxylic acids is 1. The number of aliphatic carboxylic acids is 1. The van der Waals surface area contributed by atoms with Gasteiger partial charge in [-0.1, -0.05) is 66.0 Å². The van der Waals surface area contributed by atoms with Crippen LogP contribution < -0.4 is 10.6 Å². The molecule has 3 N–H and O–H groups in total. The number of carbonyl (C=O) groups excluding carboxylic acids is 2. The summed E-state index contributed by atoms with van der Waals surface area (Å²) in [6.45, 7) is 14.2. The molecule has 214 valence electrons. The molecule has 1 fully saturated rings. The van der Waals surface area contributed by atoms with E-state index >= 15 is 0 Å². The molecule has 0 bridgehead atoms. The molecule has 0 aliphatic carbocycles. The van der Waals surface area contributed by atoms with Crippen LogP contribution in [0.5, 0.6) is 0 Å². The Bertz CT molecular complexity index is 759. The van der Waals surface area contributed by atoms with Gasteiger partial charge in [0.2, 0.25) is 11.8 Å². The van der Waals surface area contributed by atoms with Crippen LogP contribution in [0.25, 0.3) is 0 Å². The lowest BCUT2D eigenvalue weighted by molar-refractivity contribution is -0.304. The molecule has 0 aromatic carbocycles. The molecule has 1 heterocycles. The molecule has 37 heavy (non-hydrogen) atoms. The number of hydrogen-bond donors (Lipinski definition) is 3. The Morgan fingerprint density at radius 2 is 1.70 bits per heavy atom. The lowest BCUT2D eigenvalue weighted by Gasteiger charge is -2.45. The first-order chi connectivity index (χ1) is 17.2. The van der Waals surface area contributed by atoms with Gasteiger partial charge in [-0.25, -0.2) is 0 Å². The van der Waals surface area contributed by atoms with Crippen LogP contribution in [0.1, 0.15) is 113 Å². The van der Waals surface area contributed by atoms with Gasteiger partial charge in [-0.3, -0.25) is 14.4 Å². The number of allylic oxidation sites excluding steroid dienone is 2. The fourth-order valence-corrected chi connectivity index (χ4v) is 4.32. The second-order valence-corrected chi connectivity index (χ2v) is 12.1. The summed E-state index contributed by atoms with van der Waals surface area (Å²) >= 11 is 0. The molecule has 0 radical (unpaired) electrons. The van der Waals surface area contributed by atoms with Gasteiger partial charge in [0.25, 0.3) is 0 Å².